The largest absolute Gasteiger partial charge is 0.376 e. The van der Waals surface area contributed by atoms with Crippen molar-refractivity contribution in [3.63, 3.8) is 0 Å². The van der Waals surface area contributed by atoms with Gasteiger partial charge in [0.25, 0.3) is 0 Å². The lowest BCUT2D eigenvalue weighted by Gasteiger charge is -2.26. The molecule has 0 saturated carbocycles. The van der Waals surface area contributed by atoms with E-state index < -0.39 is 0 Å². The van der Waals surface area contributed by atoms with Crippen LogP contribution in [0.3, 0.4) is 0 Å². The fourth-order valence-electron chi connectivity index (χ4n) is 3.41. The van der Waals surface area contributed by atoms with Crippen LogP contribution in [-0.2, 0) is 11.3 Å². The summed E-state index contributed by atoms with van der Waals surface area (Å²) in [5.41, 5.74) is 1.03. The lowest BCUT2D eigenvalue weighted by atomic mass is 10.0. The van der Waals surface area contributed by atoms with Crippen LogP contribution in [0.15, 0.2) is 24.3 Å². The average Bonchev–Trinajstić information content (AvgIpc) is 3.26. The number of hydrogen-bond acceptors (Lipinski definition) is 4. The molecule has 1 aliphatic heterocycles. The van der Waals surface area contributed by atoms with Gasteiger partial charge in [-0.05, 0) is 61.4 Å². The second kappa shape index (κ2) is 7.81. The third kappa shape index (κ3) is 3.62. The van der Waals surface area contributed by atoms with Gasteiger partial charge in [-0.1, -0.05) is 0 Å². The van der Waals surface area contributed by atoms with E-state index in [4.69, 9.17) is 4.74 Å². The zero-order valence-electron chi connectivity index (χ0n) is 14.3. The Morgan fingerprint density at radius 1 is 1.29 bits per heavy atom. The summed E-state index contributed by atoms with van der Waals surface area (Å²) in [7, 11) is 0. The van der Waals surface area contributed by atoms with Crippen molar-refractivity contribution in [1.29, 1.82) is 0 Å². The molecular weight excluding hydrogens is 309 g/mol. The van der Waals surface area contributed by atoms with Crippen molar-refractivity contribution in [2.75, 3.05) is 19.7 Å². The molecule has 1 aliphatic rings. The van der Waals surface area contributed by atoms with Crippen molar-refractivity contribution in [3.8, 4) is 0 Å². The maximum Gasteiger partial charge on any atom is 0.214 e. The normalized spacial score (nSPS) is 19.1. The van der Waals surface area contributed by atoms with E-state index in [0.717, 1.165) is 43.9 Å². The highest BCUT2D eigenvalue weighted by atomic mass is 19.1. The first-order chi connectivity index (χ1) is 11.7. The van der Waals surface area contributed by atoms with E-state index in [-0.39, 0.29) is 18.0 Å². The summed E-state index contributed by atoms with van der Waals surface area (Å²) in [6.45, 7) is 7.63. The minimum Gasteiger partial charge on any atom is -0.376 e. The number of aromatic nitrogens is 4. The Bertz CT molecular complexity index is 635. The van der Waals surface area contributed by atoms with Crippen molar-refractivity contribution >= 4 is 0 Å². The van der Waals surface area contributed by atoms with Crippen LogP contribution in [0.2, 0.25) is 0 Å². The predicted octanol–water partition coefficient (Wildman–Crippen LogP) is 1.01. The first kappa shape index (κ1) is 17.0. The fourth-order valence-corrected chi connectivity index (χ4v) is 3.41. The molecule has 2 atom stereocenters. The molecule has 0 radical (unpaired) electrons. The van der Waals surface area contributed by atoms with Gasteiger partial charge in [0.15, 0.2) is 6.04 Å². The molecular formula is C17H25FN5O+. The Morgan fingerprint density at radius 2 is 2.04 bits per heavy atom. The van der Waals surface area contributed by atoms with Gasteiger partial charge >= 0.3 is 0 Å². The monoisotopic (exact) mass is 334 g/mol. The fraction of sp³-hybridized carbons (Fsp3) is 0.588. The van der Waals surface area contributed by atoms with E-state index in [0.29, 0.717) is 6.54 Å². The second-order valence-electron chi connectivity index (χ2n) is 6.20. The molecule has 6 nitrogen and oxygen atoms in total. The number of hydrogen-bond donors (Lipinski definition) is 1. The molecule has 1 aromatic heterocycles. The van der Waals surface area contributed by atoms with Crippen LogP contribution in [0, 0.1) is 5.82 Å². The van der Waals surface area contributed by atoms with Crippen LogP contribution in [0.1, 0.15) is 44.1 Å². The number of quaternary nitrogens is 1. The smallest absolute Gasteiger partial charge is 0.214 e. The Balaban J connectivity index is 1.93. The molecule has 24 heavy (non-hydrogen) atoms. The highest BCUT2D eigenvalue weighted by Crippen LogP contribution is 2.20. The zero-order valence-corrected chi connectivity index (χ0v) is 14.3. The van der Waals surface area contributed by atoms with E-state index in [2.05, 4.69) is 29.4 Å². The first-order valence-corrected chi connectivity index (χ1v) is 8.70. The summed E-state index contributed by atoms with van der Waals surface area (Å²) in [4.78, 5) is 1.34. The van der Waals surface area contributed by atoms with Gasteiger partial charge in [0.1, 0.15) is 5.82 Å². The first-order valence-electron chi connectivity index (χ1n) is 8.70. The Labute approximate surface area is 141 Å². The highest BCUT2D eigenvalue weighted by Gasteiger charge is 2.31. The topological polar surface area (TPSA) is 57.3 Å². The summed E-state index contributed by atoms with van der Waals surface area (Å²) in [6.07, 6.45) is 2.30. The molecule has 130 valence electrons. The zero-order chi connectivity index (χ0) is 16.9. The van der Waals surface area contributed by atoms with Gasteiger partial charge in [0.2, 0.25) is 5.82 Å². The number of nitrogens with one attached hydrogen (secondary N) is 1. The molecule has 1 aromatic carbocycles. The molecule has 1 N–H and O–H groups in total. The van der Waals surface area contributed by atoms with Crippen molar-refractivity contribution < 1.29 is 14.0 Å². The van der Waals surface area contributed by atoms with Gasteiger partial charge in [-0.3, -0.25) is 0 Å². The molecule has 0 aliphatic carbocycles. The van der Waals surface area contributed by atoms with Crippen LogP contribution >= 0.6 is 0 Å². The SMILES string of the molecule is CC[NH+](CC)[C@@H](c1ccc(F)cc1)c1nnnn1C[C@@H]1CCCO1. The second-order valence-corrected chi connectivity index (χ2v) is 6.20. The van der Waals surface area contributed by atoms with Crippen molar-refractivity contribution in [1.82, 2.24) is 20.2 Å². The van der Waals surface area contributed by atoms with Gasteiger partial charge < -0.3 is 9.64 Å². The lowest BCUT2D eigenvalue weighted by molar-refractivity contribution is -0.923. The average molecular weight is 334 g/mol. The minimum atomic E-state index is -0.231. The van der Waals surface area contributed by atoms with Crippen LogP contribution in [0.4, 0.5) is 4.39 Å². The molecule has 0 bridgehead atoms. The molecule has 3 rings (SSSR count). The van der Waals surface area contributed by atoms with Crippen molar-refractivity contribution in [3.05, 3.63) is 41.5 Å². The summed E-state index contributed by atoms with van der Waals surface area (Å²) in [5, 5.41) is 12.4. The quantitative estimate of drug-likeness (QED) is 0.821. The number of rotatable bonds is 7. The highest BCUT2D eigenvalue weighted by molar-refractivity contribution is 5.23. The predicted molar refractivity (Wildman–Crippen MR) is 87.1 cm³/mol. The number of tetrazole rings is 1. The molecule has 0 unspecified atom stereocenters. The van der Waals surface area contributed by atoms with Crippen molar-refractivity contribution in [2.24, 2.45) is 0 Å². The van der Waals surface area contributed by atoms with Crippen LogP contribution in [-0.4, -0.2) is 46.0 Å². The van der Waals surface area contributed by atoms with Crippen LogP contribution in [0.5, 0.6) is 0 Å². The number of ether oxygens (including phenoxy) is 1. The number of nitrogens with zero attached hydrogens (tertiary/aromatic N) is 4. The van der Waals surface area contributed by atoms with E-state index in [1.165, 1.54) is 17.0 Å². The van der Waals surface area contributed by atoms with Gasteiger partial charge in [-0.2, -0.15) is 0 Å². The standard InChI is InChI=1S/C17H24FN5O/c1-3-22(4-2)16(13-7-9-14(18)10-8-13)17-19-20-21-23(17)12-15-6-5-11-24-15/h7-10,15-16H,3-6,11-12H2,1-2H3/p+1/t15-,16-/m0/s1. The third-order valence-corrected chi connectivity index (χ3v) is 4.74. The molecule has 2 heterocycles. The number of halogens is 1. The van der Waals surface area contributed by atoms with Gasteiger partial charge in [0.05, 0.1) is 25.7 Å². The van der Waals surface area contributed by atoms with Crippen LogP contribution < -0.4 is 4.90 Å². The summed E-state index contributed by atoms with van der Waals surface area (Å²) < 4.78 is 20.9. The Morgan fingerprint density at radius 3 is 2.67 bits per heavy atom. The van der Waals surface area contributed by atoms with Crippen LogP contribution in [0.25, 0.3) is 0 Å². The van der Waals surface area contributed by atoms with Crippen molar-refractivity contribution in [2.45, 2.75) is 45.4 Å². The molecule has 0 spiro atoms. The van der Waals surface area contributed by atoms with E-state index in [9.17, 15) is 4.39 Å². The maximum absolute atomic E-state index is 13.3. The molecule has 7 heteroatoms. The summed E-state index contributed by atoms with van der Waals surface area (Å²) in [5.74, 6) is 0.585. The summed E-state index contributed by atoms with van der Waals surface area (Å²) >= 11 is 0. The Hall–Kier alpha value is -1.86. The minimum absolute atomic E-state index is 0.0167. The van der Waals surface area contributed by atoms with E-state index in [1.54, 1.807) is 0 Å². The lowest BCUT2D eigenvalue weighted by Crippen LogP contribution is -3.12. The van der Waals surface area contributed by atoms with Gasteiger partial charge in [-0.15, -0.1) is 5.10 Å². The molecule has 2 aromatic rings. The molecule has 0 amide bonds. The Kier molecular flexibility index (Phi) is 5.52. The number of benzene rings is 1. The molecule has 1 saturated heterocycles. The van der Waals surface area contributed by atoms with E-state index >= 15 is 0 Å². The van der Waals surface area contributed by atoms with Gasteiger partial charge in [-0.25, -0.2) is 9.07 Å². The van der Waals surface area contributed by atoms with Gasteiger partial charge in [0, 0.05) is 12.2 Å². The maximum atomic E-state index is 13.3. The summed E-state index contributed by atoms with van der Waals surface area (Å²) in [6, 6.07) is 6.64. The third-order valence-electron chi connectivity index (χ3n) is 4.74. The van der Waals surface area contributed by atoms with E-state index in [1.807, 2.05) is 16.8 Å². The molecule has 1 fully saturated rings.